The lowest BCUT2D eigenvalue weighted by Crippen LogP contribution is -2.21. The van der Waals surface area contributed by atoms with E-state index in [1.807, 2.05) is 31.2 Å². The summed E-state index contributed by atoms with van der Waals surface area (Å²) in [6, 6.07) is 21.8. The molecule has 1 heterocycles. The molecular weight excluding hydrogens is 484 g/mol. The van der Waals surface area contributed by atoms with Crippen molar-refractivity contribution in [2.24, 2.45) is 5.73 Å². The molecule has 166 valence electrons. The minimum absolute atomic E-state index is 0.0271. The summed E-state index contributed by atoms with van der Waals surface area (Å²) in [5.41, 5.74) is 8.42. The van der Waals surface area contributed by atoms with Crippen molar-refractivity contribution in [3.05, 3.63) is 99.3 Å². The number of benzene rings is 3. The zero-order valence-corrected chi connectivity index (χ0v) is 19.5. The molecule has 1 aliphatic heterocycles. The van der Waals surface area contributed by atoms with E-state index in [0.29, 0.717) is 35.0 Å². The van der Waals surface area contributed by atoms with E-state index in [9.17, 15) is 10.1 Å². The number of fused-ring (bicyclic) bond motifs is 1. The lowest BCUT2D eigenvalue weighted by molar-refractivity contribution is 0.0734. The van der Waals surface area contributed by atoms with E-state index in [0.717, 1.165) is 22.0 Å². The Labute approximate surface area is 200 Å². The Bertz CT molecular complexity index is 1280. The van der Waals surface area contributed by atoms with Crippen LogP contribution in [-0.2, 0) is 0 Å². The highest BCUT2D eigenvalue weighted by atomic mass is 79.9. The number of hydrogen-bond donors (Lipinski definition) is 1. The third-order valence-corrected chi connectivity index (χ3v) is 5.62. The highest BCUT2D eigenvalue weighted by Crippen LogP contribution is 2.43. The van der Waals surface area contributed by atoms with Crippen LogP contribution in [0.3, 0.4) is 0 Å². The van der Waals surface area contributed by atoms with Crippen LogP contribution in [0.25, 0.3) is 0 Å². The fraction of sp³-hybridized carbons (Fsp3) is 0.154. The van der Waals surface area contributed by atoms with Crippen molar-refractivity contribution in [2.75, 3.05) is 6.61 Å². The summed E-state index contributed by atoms with van der Waals surface area (Å²) < 4.78 is 17.8. The van der Waals surface area contributed by atoms with E-state index in [4.69, 9.17) is 19.9 Å². The number of esters is 1. The Kier molecular flexibility index (Phi) is 6.66. The van der Waals surface area contributed by atoms with E-state index < -0.39 is 11.9 Å². The first-order chi connectivity index (χ1) is 16.0. The van der Waals surface area contributed by atoms with Crippen molar-refractivity contribution in [3.63, 3.8) is 0 Å². The molecule has 0 fully saturated rings. The summed E-state index contributed by atoms with van der Waals surface area (Å²) in [6.07, 6.45) is 0.871. The van der Waals surface area contributed by atoms with Gasteiger partial charge < -0.3 is 19.9 Å². The highest BCUT2D eigenvalue weighted by Gasteiger charge is 2.31. The second-order valence-electron chi connectivity index (χ2n) is 7.45. The van der Waals surface area contributed by atoms with Gasteiger partial charge in [0.1, 0.15) is 28.9 Å². The van der Waals surface area contributed by atoms with Crippen molar-refractivity contribution >= 4 is 21.9 Å². The molecule has 6 nitrogen and oxygen atoms in total. The average Bonchev–Trinajstić information content (AvgIpc) is 2.82. The minimum atomic E-state index is -0.516. The SMILES string of the molecule is CCCOc1cccc(C(=O)Oc2ccc3c(c2)OC(N)=C(C#N)C3c2cccc(Br)c2)c1. The monoisotopic (exact) mass is 504 g/mol. The Morgan fingerprint density at radius 1 is 1.12 bits per heavy atom. The number of rotatable bonds is 6. The van der Waals surface area contributed by atoms with Crippen LogP contribution < -0.4 is 19.9 Å². The van der Waals surface area contributed by atoms with Crippen LogP contribution in [-0.4, -0.2) is 12.6 Å². The molecule has 0 radical (unpaired) electrons. The first-order valence-electron chi connectivity index (χ1n) is 10.4. The predicted octanol–water partition coefficient (Wildman–Crippen LogP) is 5.68. The van der Waals surface area contributed by atoms with Crippen LogP contribution in [0.2, 0.25) is 0 Å². The molecule has 0 aliphatic carbocycles. The Morgan fingerprint density at radius 3 is 2.70 bits per heavy atom. The second kappa shape index (κ2) is 9.80. The summed E-state index contributed by atoms with van der Waals surface area (Å²) in [7, 11) is 0. The zero-order chi connectivity index (χ0) is 23.4. The average molecular weight is 505 g/mol. The number of halogens is 1. The summed E-state index contributed by atoms with van der Waals surface area (Å²) in [5, 5.41) is 9.70. The van der Waals surface area contributed by atoms with Crippen molar-refractivity contribution in [2.45, 2.75) is 19.3 Å². The van der Waals surface area contributed by atoms with Crippen LogP contribution in [0.1, 0.15) is 40.7 Å². The van der Waals surface area contributed by atoms with E-state index in [2.05, 4.69) is 22.0 Å². The maximum Gasteiger partial charge on any atom is 0.343 e. The number of carbonyl (C=O) groups excluding carboxylic acids is 1. The van der Waals surface area contributed by atoms with Crippen molar-refractivity contribution in [1.29, 1.82) is 5.26 Å². The normalized spacial score (nSPS) is 14.6. The molecule has 33 heavy (non-hydrogen) atoms. The topological polar surface area (TPSA) is 94.6 Å². The molecule has 0 saturated heterocycles. The van der Waals surface area contributed by atoms with Gasteiger partial charge >= 0.3 is 5.97 Å². The third-order valence-electron chi connectivity index (χ3n) is 5.13. The zero-order valence-electron chi connectivity index (χ0n) is 17.9. The maximum atomic E-state index is 12.7. The van der Waals surface area contributed by atoms with Crippen molar-refractivity contribution in [1.82, 2.24) is 0 Å². The summed E-state index contributed by atoms with van der Waals surface area (Å²) in [5.74, 6) is 0.464. The van der Waals surface area contributed by atoms with Gasteiger partial charge in [0.15, 0.2) is 0 Å². The van der Waals surface area contributed by atoms with Crippen LogP contribution in [0.15, 0.2) is 82.7 Å². The van der Waals surface area contributed by atoms with E-state index >= 15 is 0 Å². The molecule has 1 atom stereocenters. The number of allylic oxidation sites excluding steroid dienone is 1. The van der Waals surface area contributed by atoms with Gasteiger partial charge in [-0.3, -0.25) is 0 Å². The number of hydrogen-bond acceptors (Lipinski definition) is 6. The standard InChI is InChI=1S/C26H21BrN2O4/c1-2-11-31-19-8-4-6-17(13-19)26(30)32-20-9-10-21-23(14-20)33-25(29)22(15-28)24(21)16-5-3-7-18(27)12-16/h3-10,12-14,24H,2,11,29H2,1H3. The molecule has 1 aliphatic rings. The van der Waals surface area contributed by atoms with E-state index in [-0.39, 0.29) is 5.88 Å². The highest BCUT2D eigenvalue weighted by molar-refractivity contribution is 9.10. The number of nitrogens with zero attached hydrogens (tertiary/aromatic N) is 1. The van der Waals surface area contributed by atoms with Crippen LogP contribution in [0.5, 0.6) is 17.2 Å². The first-order valence-corrected chi connectivity index (χ1v) is 11.2. The maximum absolute atomic E-state index is 12.7. The molecule has 4 rings (SSSR count). The Hall–Kier alpha value is -3.76. The largest absolute Gasteiger partial charge is 0.494 e. The van der Waals surface area contributed by atoms with Gasteiger partial charge in [0, 0.05) is 16.1 Å². The van der Waals surface area contributed by atoms with E-state index in [1.165, 1.54) is 0 Å². The van der Waals surface area contributed by atoms with Gasteiger partial charge in [-0.1, -0.05) is 47.1 Å². The van der Waals surface area contributed by atoms with Gasteiger partial charge in [0.2, 0.25) is 5.88 Å². The molecule has 2 N–H and O–H groups in total. The summed E-state index contributed by atoms with van der Waals surface area (Å²) in [4.78, 5) is 12.7. The Morgan fingerprint density at radius 2 is 1.94 bits per heavy atom. The van der Waals surface area contributed by atoms with Gasteiger partial charge in [0.05, 0.1) is 18.1 Å². The minimum Gasteiger partial charge on any atom is -0.494 e. The van der Waals surface area contributed by atoms with Crippen LogP contribution in [0, 0.1) is 11.3 Å². The Balaban J connectivity index is 1.62. The molecular formula is C26H21BrN2O4. The van der Waals surface area contributed by atoms with Crippen molar-refractivity contribution < 1.29 is 19.0 Å². The summed E-state index contributed by atoms with van der Waals surface area (Å²) in [6.45, 7) is 2.58. The molecule has 0 saturated carbocycles. The molecule has 0 bridgehead atoms. The smallest absolute Gasteiger partial charge is 0.343 e. The molecule has 1 unspecified atom stereocenters. The van der Waals surface area contributed by atoms with E-state index in [1.54, 1.807) is 42.5 Å². The predicted molar refractivity (Wildman–Crippen MR) is 127 cm³/mol. The molecule has 0 spiro atoms. The van der Waals surface area contributed by atoms with Gasteiger partial charge in [0.25, 0.3) is 0 Å². The van der Waals surface area contributed by atoms with Crippen LogP contribution in [0.4, 0.5) is 0 Å². The number of nitrogens with two attached hydrogens (primary N) is 1. The lowest BCUT2D eigenvalue weighted by Gasteiger charge is -2.26. The van der Waals surface area contributed by atoms with Gasteiger partial charge in [-0.15, -0.1) is 0 Å². The van der Waals surface area contributed by atoms with Gasteiger partial charge in [-0.2, -0.15) is 5.26 Å². The molecule has 7 heteroatoms. The van der Waals surface area contributed by atoms with Gasteiger partial charge in [-0.05, 0) is 48.4 Å². The quantitative estimate of drug-likeness (QED) is 0.343. The number of carbonyl (C=O) groups is 1. The third kappa shape index (κ3) is 4.86. The lowest BCUT2D eigenvalue weighted by atomic mass is 9.83. The first kappa shape index (κ1) is 22.4. The molecule has 0 amide bonds. The van der Waals surface area contributed by atoms with Crippen LogP contribution >= 0.6 is 15.9 Å². The number of ether oxygens (including phenoxy) is 3. The van der Waals surface area contributed by atoms with Gasteiger partial charge in [-0.25, -0.2) is 4.79 Å². The molecule has 3 aromatic carbocycles. The molecule has 3 aromatic rings. The summed E-state index contributed by atoms with van der Waals surface area (Å²) >= 11 is 3.48. The number of nitriles is 1. The molecule has 0 aromatic heterocycles. The fourth-order valence-corrected chi connectivity index (χ4v) is 4.04. The van der Waals surface area contributed by atoms with Crippen molar-refractivity contribution in [3.8, 4) is 23.3 Å². The second-order valence-corrected chi connectivity index (χ2v) is 8.36. The fourth-order valence-electron chi connectivity index (χ4n) is 3.63.